The second-order valence-corrected chi connectivity index (χ2v) is 6.35. The number of allylic oxidation sites excluding steroid dienone is 1. The number of rotatable bonds is 4. The molecule has 0 aliphatic carbocycles. The third-order valence-corrected chi connectivity index (χ3v) is 4.78. The van der Waals surface area contributed by atoms with Crippen molar-refractivity contribution in [2.45, 2.75) is 44.8 Å². The number of amides is 1. The second kappa shape index (κ2) is 7.26. The number of methoxy groups -OCH3 is 1. The van der Waals surface area contributed by atoms with Gasteiger partial charge < -0.3 is 19.5 Å². The normalized spacial score (nSPS) is 24.0. The zero-order valence-electron chi connectivity index (χ0n) is 14.3. The van der Waals surface area contributed by atoms with Crippen molar-refractivity contribution in [3.05, 3.63) is 41.2 Å². The Morgan fingerprint density at radius 2 is 2.29 bits per heavy atom. The van der Waals surface area contributed by atoms with Gasteiger partial charge in [-0.2, -0.15) is 0 Å². The van der Waals surface area contributed by atoms with Crippen LogP contribution in [0.2, 0.25) is 0 Å². The van der Waals surface area contributed by atoms with Crippen LogP contribution in [0.15, 0.2) is 35.6 Å². The molecule has 0 radical (unpaired) electrons. The minimum absolute atomic E-state index is 0.00378. The lowest BCUT2D eigenvalue weighted by Gasteiger charge is -2.29. The molecule has 1 fully saturated rings. The summed E-state index contributed by atoms with van der Waals surface area (Å²) in [4.78, 5) is 14.9. The van der Waals surface area contributed by atoms with Gasteiger partial charge in [0.1, 0.15) is 11.5 Å². The maximum absolute atomic E-state index is 13.1. The van der Waals surface area contributed by atoms with Crippen LogP contribution in [0.5, 0.6) is 5.75 Å². The lowest BCUT2D eigenvalue weighted by Crippen LogP contribution is -2.34. The summed E-state index contributed by atoms with van der Waals surface area (Å²) in [6.07, 6.45) is 2.39. The number of aliphatic hydroxyl groups is 1. The highest BCUT2D eigenvalue weighted by atomic mass is 16.5. The fourth-order valence-corrected chi connectivity index (χ4v) is 3.59. The minimum atomic E-state index is -0.500. The Morgan fingerprint density at radius 1 is 1.46 bits per heavy atom. The van der Waals surface area contributed by atoms with Gasteiger partial charge in [0, 0.05) is 13.0 Å². The van der Waals surface area contributed by atoms with E-state index in [1.54, 1.807) is 12.0 Å². The van der Waals surface area contributed by atoms with E-state index < -0.39 is 6.10 Å². The van der Waals surface area contributed by atoms with Crippen LogP contribution in [0.1, 0.15) is 44.2 Å². The first-order chi connectivity index (χ1) is 11.6. The van der Waals surface area contributed by atoms with Gasteiger partial charge >= 0.3 is 0 Å². The number of hydrogen-bond acceptors (Lipinski definition) is 4. The van der Waals surface area contributed by atoms with Crippen molar-refractivity contribution in [2.75, 3.05) is 20.3 Å². The predicted octanol–water partition coefficient (Wildman–Crippen LogP) is 2.80. The molecule has 1 aromatic rings. The monoisotopic (exact) mass is 331 g/mol. The first-order valence-corrected chi connectivity index (χ1v) is 8.61. The third-order valence-electron chi connectivity index (χ3n) is 4.78. The van der Waals surface area contributed by atoms with E-state index in [4.69, 9.17) is 9.47 Å². The highest BCUT2D eigenvalue weighted by Gasteiger charge is 2.37. The van der Waals surface area contributed by atoms with Crippen molar-refractivity contribution in [3.8, 4) is 5.75 Å². The third kappa shape index (κ3) is 3.26. The van der Waals surface area contributed by atoms with Crippen LogP contribution in [0.4, 0.5) is 0 Å². The highest BCUT2D eigenvalue weighted by Crippen LogP contribution is 2.36. The molecule has 0 aromatic heterocycles. The summed E-state index contributed by atoms with van der Waals surface area (Å²) in [5, 5.41) is 10.2. The molecule has 2 atom stereocenters. The standard InChI is InChI=1S/C19H25NO4/c1-3-18-16(8-5-9-24-18)19(22)20-12-14(21)11-17(20)13-6-4-7-15(10-13)23-2/h4,6-7,10,14,17,21H,3,5,8-9,11-12H2,1-2H3/t14-,17+/m1/s1. The molecular formula is C19H25NO4. The van der Waals surface area contributed by atoms with Crippen molar-refractivity contribution in [3.63, 3.8) is 0 Å². The Kier molecular flexibility index (Phi) is 5.09. The van der Waals surface area contributed by atoms with Gasteiger partial charge in [-0.05, 0) is 37.0 Å². The number of nitrogens with zero attached hydrogens (tertiary/aromatic N) is 1. The van der Waals surface area contributed by atoms with E-state index in [-0.39, 0.29) is 11.9 Å². The topological polar surface area (TPSA) is 59.0 Å². The molecular weight excluding hydrogens is 306 g/mol. The van der Waals surface area contributed by atoms with E-state index in [2.05, 4.69) is 0 Å². The van der Waals surface area contributed by atoms with E-state index in [9.17, 15) is 9.90 Å². The lowest BCUT2D eigenvalue weighted by atomic mass is 10.0. The van der Waals surface area contributed by atoms with Gasteiger partial charge in [0.05, 0.1) is 31.4 Å². The van der Waals surface area contributed by atoms with Crippen LogP contribution in [0.3, 0.4) is 0 Å². The summed E-state index contributed by atoms with van der Waals surface area (Å²) >= 11 is 0. The quantitative estimate of drug-likeness (QED) is 0.922. The molecule has 0 spiro atoms. The van der Waals surface area contributed by atoms with Gasteiger partial charge in [-0.1, -0.05) is 19.1 Å². The van der Waals surface area contributed by atoms with Gasteiger partial charge in [0.2, 0.25) is 0 Å². The first-order valence-electron chi connectivity index (χ1n) is 8.61. The van der Waals surface area contributed by atoms with Crippen LogP contribution < -0.4 is 4.74 Å². The van der Waals surface area contributed by atoms with Crippen molar-refractivity contribution < 1.29 is 19.4 Å². The van der Waals surface area contributed by atoms with Crippen molar-refractivity contribution in [1.82, 2.24) is 4.90 Å². The second-order valence-electron chi connectivity index (χ2n) is 6.35. The van der Waals surface area contributed by atoms with Crippen molar-refractivity contribution in [2.24, 2.45) is 0 Å². The number of aliphatic hydroxyl groups excluding tert-OH is 1. The van der Waals surface area contributed by atoms with Crippen LogP contribution >= 0.6 is 0 Å². The molecule has 24 heavy (non-hydrogen) atoms. The Morgan fingerprint density at radius 3 is 3.04 bits per heavy atom. The Labute approximate surface area is 142 Å². The summed E-state index contributed by atoms with van der Waals surface area (Å²) in [6.45, 7) is 3.05. The number of benzene rings is 1. The fourth-order valence-electron chi connectivity index (χ4n) is 3.59. The van der Waals surface area contributed by atoms with E-state index in [1.165, 1.54) is 0 Å². The van der Waals surface area contributed by atoms with E-state index in [1.807, 2.05) is 31.2 Å². The van der Waals surface area contributed by atoms with Gasteiger partial charge in [0.15, 0.2) is 0 Å². The zero-order chi connectivity index (χ0) is 17.1. The summed E-state index contributed by atoms with van der Waals surface area (Å²) in [5.74, 6) is 1.56. The summed E-state index contributed by atoms with van der Waals surface area (Å²) in [6, 6.07) is 7.60. The molecule has 1 saturated heterocycles. The Bertz CT molecular complexity index is 640. The Balaban J connectivity index is 1.90. The van der Waals surface area contributed by atoms with E-state index >= 15 is 0 Å². The number of ether oxygens (including phenoxy) is 2. The van der Waals surface area contributed by atoms with Crippen LogP contribution in [0.25, 0.3) is 0 Å². The smallest absolute Gasteiger partial charge is 0.253 e. The average molecular weight is 331 g/mol. The van der Waals surface area contributed by atoms with Crippen LogP contribution in [-0.2, 0) is 9.53 Å². The number of likely N-dealkylation sites (tertiary alicyclic amines) is 1. The molecule has 0 unspecified atom stereocenters. The first kappa shape index (κ1) is 16.8. The summed E-state index contributed by atoms with van der Waals surface area (Å²) in [7, 11) is 1.63. The molecule has 2 aliphatic heterocycles. The molecule has 1 N–H and O–H groups in total. The van der Waals surface area contributed by atoms with Gasteiger partial charge in [-0.25, -0.2) is 0 Å². The largest absolute Gasteiger partial charge is 0.497 e. The maximum Gasteiger partial charge on any atom is 0.253 e. The van der Waals surface area contributed by atoms with Crippen molar-refractivity contribution >= 4 is 5.91 Å². The molecule has 5 heteroatoms. The molecule has 0 bridgehead atoms. The lowest BCUT2D eigenvalue weighted by molar-refractivity contribution is -0.129. The van der Waals surface area contributed by atoms with E-state index in [0.29, 0.717) is 19.6 Å². The number of hydrogen-bond donors (Lipinski definition) is 1. The van der Waals surface area contributed by atoms with Gasteiger partial charge in [-0.15, -0.1) is 0 Å². The van der Waals surface area contributed by atoms with Gasteiger partial charge in [-0.3, -0.25) is 4.79 Å². The molecule has 2 aliphatic rings. The Hall–Kier alpha value is -2.01. The average Bonchev–Trinajstić information content (AvgIpc) is 3.03. The van der Waals surface area contributed by atoms with Gasteiger partial charge in [0.25, 0.3) is 5.91 Å². The van der Waals surface area contributed by atoms with Crippen LogP contribution in [-0.4, -0.2) is 42.3 Å². The number of carbonyl (C=O) groups is 1. The van der Waals surface area contributed by atoms with Crippen LogP contribution in [0, 0.1) is 0 Å². The molecule has 3 rings (SSSR count). The summed E-state index contributed by atoms with van der Waals surface area (Å²) in [5.41, 5.74) is 1.76. The fraction of sp³-hybridized carbons (Fsp3) is 0.526. The molecule has 1 amide bonds. The van der Waals surface area contributed by atoms with E-state index in [0.717, 1.165) is 41.9 Å². The molecule has 2 heterocycles. The number of carbonyl (C=O) groups excluding carboxylic acids is 1. The van der Waals surface area contributed by atoms with Crippen molar-refractivity contribution in [1.29, 1.82) is 0 Å². The SMILES string of the molecule is CCC1=C(C(=O)N2C[C@H](O)C[C@H]2c2cccc(OC)c2)CCCO1. The zero-order valence-corrected chi connectivity index (χ0v) is 14.3. The molecule has 1 aromatic carbocycles. The molecule has 130 valence electrons. The minimum Gasteiger partial charge on any atom is -0.497 e. The number of β-amino-alcohol motifs (C(OH)–C–C–N with tert-alkyl or cyclic N) is 1. The highest BCUT2D eigenvalue weighted by molar-refractivity contribution is 5.94. The molecule has 5 nitrogen and oxygen atoms in total. The maximum atomic E-state index is 13.1. The predicted molar refractivity (Wildman–Crippen MR) is 90.6 cm³/mol. The molecule has 0 saturated carbocycles. The summed E-state index contributed by atoms with van der Waals surface area (Å²) < 4.78 is 11.0.